The maximum atomic E-state index is 13.7. The summed E-state index contributed by atoms with van der Waals surface area (Å²) in [6, 6.07) is 4.04. The number of halogens is 2. The van der Waals surface area contributed by atoms with Crippen molar-refractivity contribution in [2.75, 3.05) is 6.54 Å². The molecule has 0 amide bonds. The quantitative estimate of drug-likeness (QED) is 0.870. The zero-order valence-corrected chi connectivity index (χ0v) is 13.2. The molecule has 0 spiro atoms. The highest BCUT2D eigenvalue weighted by molar-refractivity contribution is 7.89. The van der Waals surface area contributed by atoms with E-state index in [0.29, 0.717) is 5.56 Å². The first-order valence-electron chi connectivity index (χ1n) is 6.29. The molecule has 1 aromatic rings. The third-order valence-electron chi connectivity index (χ3n) is 3.65. The minimum absolute atomic E-state index is 0. The van der Waals surface area contributed by atoms with E-state index < -0.39 is 21.4 Å². The van der Waals surface area contributed by atoms with Gasteiger partial charge in [-0.15, -0.1) is 12.4 Å². The van der Waals surface area contributed by atoms with Gasteiger partial charge in [-0.1, -0.05) is 6.07 Å². The first-order chi connectivity index (χ1) is 8.78. The fourth-order valence-corrected chi connectivity index (χ4v) is 3.83. The van der Waals surface area contributed by atoms with E-state index in [9.17, 15) is 12.8 Å². The highest BCUT2D eigenvalue weighted by atomic mass is 35.5. The number of hydrogen-bond donors (Lipinski definition) is 2. The standard InChI is InChI=1S/C13H19FN2O2S.ClH/c1-9-3-6-11(14)12(7-9)19(17,18)16-13(2,8-15)10-4-5-10;/h3,6-7,10,16H,4-5,8,15H2,1-2H3;1H. The van der Waals surface area contributed by atoms with Crippen LogP contribution in [0.5, 0.6) is 0 Å². The molecule has 1 atom stereocenters. The summed E-state index contributed by atoms with van der Waals surface area (Å²) in [4.78, 5) is -0.312. The van der Waals surface area contributed by atoms with Gasteiger partial charge in [0.25, 0.3) is 0 Å². The van der Waals surface area contributed by atoms with Crippen molar-refractivity contribution >= 4 is 22.4 Å². The molecule has 1 aromatic carbocycles. The van der Waals surface area contributed by atoms with Crippen LogP contribution in [0.3, 0.4) is 0 Å². The average molecular weight is 323 g/mol. The fourth-order valence-electron chi connectivity index (χ4n) is 2.19. The Balaban J connectivity index is 0.00000200. The monoisotopic (exact) mass is 322 g/mol. The molecular formula is C13H20ClFN2O2S. The van der Waals surface area contributed by atoms with Crippen LogP contribution in [-0.2, 0) is 10.0 Å². The van der Waals surface area contributed by atoms with E-state index in [0.717, 1.165) is 12.8 Å². The lowest BCUT2D eigenvalue weighted by atomic mass is 9.98. The van der Waals surface area contributed by atoms with Crippen molar-refractivity contribution in [1.29, 1.82) is 0 Å². The fraction of sp³-hybridized carbons (Fsp3) is 0.538. The van der Waals surface area contributed by atoms with Crippen LogP contribution >= 0.6 is 12.4 Å². The van der Waals surface area contributed by atoms with Gasteiger partial charge in [-0.05, 0) is 50.3 Å². The SMILES string of the molecule is Cc1ccc(F)c(S(=O)(=O)NC(C)(CN)C2CC2)c1.Cl. The van der Waals surface area contributed by atoms with Crippen molar-refractivity contribution in [2.45, 2.75) is 37.1 Å². The molecule has 1 aliphatic rings. The van der Waals surface area contributed by atoms with Gasteiger partial charge in [-0.25, -0.2) is 17.5 Å². The first-order valence-corrected chi connectivity index (χ1v) is 7.77. The molecule has 3 N–H and O–H groups in total. The second kappa shape index (κ2) is 5.97. The summed E-state index contributed by atoms with van der Waals surface area (Å²) < 4.78 is 40.9. The van der Waals surface area contributed by atoms with Crippen molar-refractivity contribution in [3.8, 4) is 0 Å². The molecule has 0 bridgehead atoms. The number of hydrogen-bond acceptors (Lipinski definition) is 3. The Morgan fingerprint density at radius 1 is 1.45 bits per heavy atom. The van der Waals surface area contributed by atoms with Gasteiger partial charge in [0.05, 0.1) is 0 Å². The normalized spacial score (nSPS) is 18.2. The summed E-state index contributed by atoms with van der Waals surface area (Å²) in [7, 11) is -3.89. The highest BCUT2D eigenvalue weighted by Crippen LogP contribution is 2.39. The van der Waals surface area contributed by atoms with Gasteiger partial charge in [-0.2, -0.15) is 0 Å². The van der Waals surface area contributed by atoms with Crippen molar-refractivity contribution in [3.05, 3.63) is 29.6 Å². The van der Waals surface area contributed by atoms with Gasteiger partial charge in [0.1, 0.15) is 10.7 Å². The van der Waals surface area contributed by atoms with E-state index in [-0.39, 0.29) is 29.8 Å². The molecule has 0 aromatic heterocycles. The van der Waals surface area contributed by atoms with E-state index in [1.165, 1.54) is 18.2 Å². The van der Waals surface area contributed by atoms with Gasteiger partial charge in [-0.3, -0.25) is 0 Å². The second-order valence-corrected chi connectivity index (χ2v) is 7.09. The highest BCUT2D eigenvalue weighted by Gasteiger charge is 2.43. The summed E-state index contributed by atoms with van der Waals surface area (Å²) >= 11 is 0. The van der Waals surface area contributed by atoms with E-state index in [2.05, 4.69) is 4.72 Å². The Morgan fingerprint density at radius 2 is 2.05 bits per heavy atom. The minimum atomic E-state index is -3.89. The smallest absolute Gasteiger partial charge is 0.244 e. The second-order valence-electron chi connectivity index (χ2n) is 5.44. The molecular weight excluding hydrogens is 303 g/mol. The lowest BCUT2D eigenvalue weighted by molar-refractivity contribution is 0.373. The predicted molar refractivity (Wildman–Crippen MR) is 78.9 cm³/mol. The maximum Gasteiger partial charge on any atom is 0.244 e. The molecule has 0 radical (unpaired) electrons. The number of rotatable bonds is 5. The topological polar surface area (TPSA) is 72.2 Å². The van der Waals surface area contributed by atoms with Crippen LogP contribution in [0.2, 0.25) is 0 Å². The molecule has 1 saturated carbocycles. The number of sulfonamides is 1. The van der Waals surface area contributed by atoms with Gasteiger partial charge < -0.3 is 5.73 Å². The average Bonchev–Trinajstić information content (AvgIpc) is 3.15. The third-order valence-corrected chi connectivity index (χ3v) is 5.27. The van der Waals surface area contributed by atoms with Crippen LogP contribution in [0.15, 0.2) is 23.1 Å². The van der Waals surface area contributed by atoms with Crippen LogP contribution in [0.25, 0.3) is 0 Å². The molecule has 2 rings (SSSR count). The lowest BCUT2D eigenvalue weighted by Gasteiger charge is -2.29. The van der Waals surface area contributed by atoms with Crippen molar-refractivity contribution < 1.29 is 12.8 Å². The Hall–Kier alpha value is -0.690. The molecule has 4 nitrogen and oxygen atoms in total. The van der Waals surface area contributed by atoms with Crippen molar-refractivity contribution in [1.82, 2.24) is 4.72 Å². The van der Waals surface area contributed by atoms with E-state index >= 15 is 0 Å². The van der Waals surface area contributed by atoms with Gasteiger partial charge >= 0.3 is 0 Å². The Kier molecular flexibility index (Phi) is 5.18. The zero-order chi connectivity index (χ0) is 14.3. The Labute approximate surface area is 125 Å². The van der Waals surface area contributed by atoms with E-state index in [1.807, 2.05) is 0 Å². The predicted octanol–water partition coefficient (Wildman–Crippen LogP) is 1.96. The third kappa shape index (κ3) is 3.49. The minimum Gasteiger partial charge on any atom is -0.329 e. The molecule has 1 aliphatic carbocycles. The first kappa shape index (κ1) is 17.4. The maximum absolute atomic E-state index is 13.7. The summed E-state index contributed by atoms with van der Waals surface area (Å²) in [6.45, 7) is 3.70. The number of benzene rings is 1. The molecule has 1 fully saturated rings. The summed E-state index contributed by atoms with van der Waals surface area (Å²) in [5, 5.41) is 0. The van der Waals surface area contributed by atoms with E-state index in [4.69, 9.17) is 5.73 Å². The van der Waals surface area contributed by atoms with Crippen LogP contribution in [0.4, 0.5) is 4.39 Å². The zero-order valence-electron chi connectivity index (χ0n) is 11.5. The largest absolute Gasteiger partial charge is 0.329 e. The van der Waals surface area contributed by atoms with Crippen molar-refractivity contribution in [2.24, 2.45) is 11.7 Å². The molecule has 0 aliphatic heterocycles. The molecule has 114 valence electrons. The summed E-state index contributed by atoms with van der Waals surface area (Å²) in [5.74, 6) is -0.506. The molecule has 0 saturated heterocycles. The number of nitrogens with two attached hydrogens (primary N) is 1. The summed E-state index contributed by atoms with van der Waals surface area (Å²) in [6.07, 6.45) is 1.90. The van der Waals surface area contributed by atoms with E-state index in [1.54, 1.807) is 13.8 Å². The van der Waals surface area contributed by atoms with Gasteiger partial charge in [0.2, 0.25) is 10.0 Å². The van der Waals surface area contributed by atoms with Crippen molar-refractivity contribution in [3.63, 3.8) is 0 Å². The Bertz CT molecular complexity index is 590. The molecule has 20 heavy (non-hydrogen) atoms. The van der Waals surface area contributed by atoms with Crippen LogP contribution < -0.4 is 10.5 Å². The van der Waals surface area contributed by atoms with Crippen LogP contribution in [0, 0.1) is 18.7 Å². The molecule has 1 unspecified atom stereocenters. The van der Waals surface area contributed by atoms with Crippen LogP contribution in [-0.4, -0.2) is 20.5 Å². The van der Waals surface area contributed by atoms with Crippen LogP contribution in [0.1, 0.15) is 25.3 Å². The molecule has 7 heteroatoms. The summed E-state index contributed by atoms with van der Waals surface area (Å²) in [5.41, 5.74) is 5.68. The van der Waals surface area contributed by atoms with Gasteiger partial charge in [0.15, 0.2) is 0 Å². The van der Waals surface area contributed by atoms with Gasteiger partial charge in [0, 0.05) is 12.1 Å². The lowest BCUT2D eigenvalue weighted by Crippen LogP contribution is -2.53. The Morgan fingerprint density at radius 3 is 2.55 bits per heavy atom. The number of aryl methyl sites for hydroxylation is 1. The number of nitrogens with one attached hydrogen (secondary N) is 1. The molecule has 0 heterocycles.